The first kappa shape index (κ1) is 22.6. The molecule has 0 spiro atoms. The number of hydrogen-bond donors (Lipinski definition) is 1. The molecule has 6 nitrogen and oxygen atoms in total. The molecule has 32 heavy (non-hydrogen) atoms. The minimum atomic E-state index is -3.75. The van der Waals surface area contributed by atoms with Crippen LogP contribution >= 0.6 is 0 Å². The maximum Gasteiger partial charge on any atom is 0.244 e. The summed E-state index contributed by atoms with van der Waals surface area (Å²) in [5, 5.41) is 0. The van der Waals surface area contributed by atoms with Crippen molar-refractivity contribution in [1.82, 2.24) is 14.2 Å². The van der Waals surface area contributed by atoms with Crippen molar-refractivity contribution in [3.05, 3.63) is 82.7 Å². The molecule has 7 heteroatoms. The number of sulfonamides is 1. The van der Waals surface area contributed by atoms with Crippen LogP contribution in [0.4, 0.5) is 0 Å². The van der Waals surface area contributed by atoms with Gasteiger partial charge in [-0.25, -0.2) is 13.1 Å². The Kier molecular flexibility index (Phi) is 6.42. The summed E-state index contributed by atoms with van der Waals surface area (Å²) in [6.07, 6.45) is 2.95. The molecular weight excluding hydrogens is 422 g/mol. The van der Waals surface area contributed by atoms with Gasteiger partial charge in [-0.2, -0.15) is 0 Å². The summed E-state index contributed by atoms with van der Waals surface area (Å²) < 4.78 is 36.9. The standard InChI is InChI=1S/C25H31N3O3S/c1-18-14-24(31-4)25(15-19(18)2)32(29,30)26-16-23(22-10-7-12-27(22)3)28-13-11-20-8-5-6-9-21(20)17-28/h5-10,12,14-15,23,26H,11,13,16-17H2,1-4H3. The van der Waals surface area contributed by atoms with Crippen LogP contribution in [0.1, 0.15) is 34.0 Å². The van der Waals surface area contributed by atoms with E-state index in [1.54, 1.807) is 12.1 Å². The lowest BCUT2D eigenvalue weighted by Gasteiger charge is -2.36. The first-order valence-electron chi connectivity index (χ1n) is 10.9. The van der Waals surface area contributed by atoms with E-state index in [0.29, 0.717) is 5.75 Å². The van der Waals surface area contributed by atoms with Crippen molar-refractivity contribution in [3.8, 4) is 5.75 Å². The Morgan fingerprint density at radius 1 is 1.06 bits per heavy atom. The Labute approximate surface area is 190 Å². The van der Waals surface area contributed by atoms with E-state index in [1.165, 1.54) is 18.2 Å². The van der Waals surface area contributed by atoms with Gasteiger partial charge in [0, 0.05) is 38.6 Å². The molecule has 0 bridgehead atoms. The van der Waals surface area contributed by atoms with Crippen LogP contribution < -0.4 is 9.46 Å². The highest BCUT2D eigenvalue weighted by molar-refractivity contribution is 7.89. The van der Waals surface area contributed by atoms with Crippen molar-refractivity contribution < 1.29 is 13.2 Å². The van der Waals surface area contributed by atoms with E-state index in [9.17, 15) is 8.42 Å². The van der Waals surface area contributed by atoms with Crippen molar-refractivity contribution in [2.75, 3.05) is 20.2 Å². The molecule has 0 fully saturated rings. The molecule has 1 aromatic heterocycles. The first-order valence-corrected chi connectivity index (χ1v) is 12.4. The monoisotopic (exact) mass is 453 g/mol. The Bertz CT molecular complexity index is 1220. The quantitative estimate of drug-likeness (QED) is 0.592. The minimum Gasteiger partial charge on any atom is -0.495 e. The Morgan fingerprint density at radius 2 is 1.78 bits per heavy atom. The fourth-order valence-electron chi connectivity index (χ4n) is 4.42. The Balaban J connectivity index is 1.62. The van der Waals surface area contributed by atoms with Crippen LogP contribution in [0.2, 0.25) is 0 Å². The normalized spacial score (nSPS) is 15.4. The van der Waals surface area contributed by atoms with Gasteiger partial charge in [-0.1, -0.05) is 24.3 Å². The summed E-state index contributed by atoms with van der Waals surface area (Å²) in [5.41, 5.74) is 5.66. The fraction of sp³-hybridized carbons (Fsp3) is 0.360. The largest absolute Gasteiger partial charge is 0.495 e. The van der Waals surface area contributed by atoms with Gasteiger partial charge >= 0.3 is 0 Å². The number of rotatable bonds is 7. The van der Waals surface area contributed by atoms with E-state index >= 15 is 0 Å². The van der Waals surface area contributed by atoms with Crippen molar-refractivity contribution >= 4 is 10.0 Å². The zero-order chi connectivity index (χ0) is 22.9. The highest BCUT2D eigenvalue weighted by atomic mass is 32.2. The number of nitrogens with zero attached hydrogens (tertiary/aromatic N) is 2. The topological polar surface area (TPSA) is 63.6 Å². The molecular formula is C25H31N3O3S. The number of benzene rings is 2. The molecule has 2 aromatic carbocycles. The van der Waals surface area contributed by atoms with Crippen molar-refractivity contribution in [2.45, 2.75) is 37.8 Å². The molecule has 0 saturated carbocycles. The summed E-state index contributed by atoms with van der Waals surface area (Å²) in [6.45, 7) is 5.80. The molecule has 4 rings (SSSR count). The number of nitrogens with one attached hydrogen (secondary N) is 1. The molecule has 2 heterocycles. The lowest BCUT2D eigenvalue weighted by molar-refractivity contribution is 0.174. The van der Waals surface area contributed by atoms with E-state index < -0.39 is 10.0 Å². The summed E-state index contributed by atoms with van der Waals surface area (Å²) >= 11 is 0. The molecule has 1 atom stereocenters. The fourth-order valence-corrected chi connectivity index (χ4v) is 5.70. The molecule has 0 amide bonds. The second-order valence-corrected chi connectivity index (χ2v) is 10.2. The molecule has 0 saturated heterocycles. The second-order valence-electron chi connectivity index (χ2n) is 8.49. The van der Waals surface area contributed by atoms with E-state index in [1.807, 2.05) is 33.2 Å². The number of methoxy groups -OCH3 is 1. The predicted octanol–water partition coefficient (Wildman–Crippen LogP) is 3.73. The van der Waals surface area contributed by atoms with Gasteiger partial charge in [0.25, 0.3) is 0 Å². The van der Waals surface area contributed by atoms with Crippen LogP contribution in [-0.2, 0) is 30.0 Å². The van der Waals surface area contributed by atoms with Crippen LogP contribution in [0.25, 0.3) is 0 Å². The van der Waals surface area contributed by atoms with Crippen LogP contribution in [0, 0.1) is 13.8 Å². The summed E-state index contributed by atoms with van der Waals surface area (Å²) in [4.78, 5) is 2.54. The molecule has 170 valence electrons. The van der Waals surface area contributed by atoms with Crippen LogP contribution in [0.15, 0.2) is 59.6 Å². The molecule has 0 aliphatic carbocycles. The zero-order valence-corrected chi connectivity index (χ0v) is 19.9. The molecule has 0 radical (unpaired) electrons. The van der Waals surface area contributed by atoms with Crippen LogP contribution in [0.5, 0.6) is 5.75 Å². The average molecular weight is 454 g/mol. The van der Waals surface area contributed by atoms with E-state index in [4.69, 9.17) is 4.74 Å². The third-order valence-corrected chi connectivity index (χ3v) is 7.91. The summed E-state index contributed by atoms with van der Waals surface area (Å²) in [5.74, 6) is 0.364. The maximum absolute atomic E-state index is 13.3. The summed E-state index contributed by atoms with van der Waals surface area (Å²) in [6, 6.07) is 15.9. The van der Waals surface area contributed by atoms with Gasteiger partial charge in [0.15, 0.2) is 0 Å². The van der Waals surface area contributed by atoms with Crippen molar-refractivity contribution in [1.29, 1.82) is 0 Å². The highest BCUT2D eigenvalue weighted by Crippen LogP contribution is 2.30. The SMILES string of the molecule is COc1cc(C)c(C)cc1S(=O)(=O)NCC(c1cccn1C)N1CCc2ccccc2C1. The predicted molar refractivity (Wildman–Crippen MR) is 126 cm³/mol. The Hall–Kier alpha value is -2.61. The minimum absolute atomic E-state index is 0.0873. The number of fused-ring (bicyclic) bond motifs is 1. The van der Waals surface area contributed by atoms with E-state index in [2.05, 4.69) is 44.5 Å². The lowest BCUT2D eigenvalue weighted by atomic mass is 9.98. The number of aromatic nitrogens is 1. The number of ether oxygens (including phenoxy) is 1. The van der Waals surface area contributed by atoms with Gasteiger partial charge in [-0.15, -0.1) is 0 Å². The van der Waals surface area contributed by atoms with E-state index in [-0.39, 0.29) is 17.5 Å². The lowest BCUT2D eigenvalue weighted by Crippen LogP contribution is -2.41. The zero-order valence-electron chi connectivity index (χ0n) is 19.1. The van der Waals surface area contributed by atoms with Crippen molar-refractivity contribution in [2.24, 2.45) is 7.05 Å². The molecule has 1 aliphatic heterocycles. The molecule has 1 N–H and O–H groups in total. The summed E-state index contributed by atoms with van der Waals surface area (Å²) in [7, 11) is -0.249. The van der Waals surface area contributed by atoms with Gasteiger partial charge in [0.1, 0.15) is 10.6 Å². The third-order valence-electron chi connectivity index (χ3n) is 6.46. The molecule has 1 unspecified atom stereocenters. The average Bonchev–Trinajstić information content (AvgIpc) is 3.20. The second kappa shape index (κ2) is 9.10. The van der Waals surface area contributed by atoms with Gasteiger partial charge in [-0.05, 0) is 66.8 Å². The van der Waals surface area contributed by atoms with Crippen LogP contribution in [-0.4, -0.2) is 38.1 Å². The first-order chi connectivity index (χ1) is 15.3. The van der Waals surface area contributed by atoms with Gasteiger partial charge in [0.05, 0.1) is 13.2 Å². The smallest absolute Gasteiger partial charge is 0.244 e. The maximum atomic E-state index is 13.3. The number of aryl methyl sites for hydroxylation is 3. The van der Waals surface area contributed by atoms with Gasteiger partial charge in [-0.3, -0.25) is 4.90 Å². The highest BCUT2D eigenvalue weighted by Gasteiger charge is 2.29. The van der Waals surface area contributed by atoms with Gasteiger partial charge in [0.2, 0.25) is 10.0 Å². The Morgan fingerprint density at radius 3 is 2.47 bits per heavy atom. The van der Waals surface area contributed by atoms with E-state index in [0.717, 1.165) is 36.3 Å². The molecule has 1 aliphatic rings. The number of hydrogen-bond acceptors (Lipinski definition) is 4. The van der Waals surface area contributed by atoms with Crippen LogP contribution in [0.3, 0.4) is 0 Å². The third kappa shape index (κ3) is 4.46. The molecule has 3 aromatic rings. The van der Waals surface area contributed by atoms with Gasteiger partial charge < -0.3 is 9.30 Å². The van der Waals surface area contributed by atoms with Crippen molar-refractivity contribution in [3.63, 3.8) is 0 Å².